The maximum atomic E-state index is 3.67. The molecule has 0 aromatic heterocycles. The van der Waals surface area contributed by atoms with Crippen LogP contribution >= 0.6 is 11.8 Å². The van der Waals surface area contributed by atoms with Crippen molar-refractivity contribution in [3.05, 3.63) is 0 Å². The predicted octanol–water partition coefficient (Wildman–Crippen LogP) is 3.93. The topological polar surface area (TPSA) is 12.0 Å². The third kappa shape index (κ3) is 10.6. The Bertz CT molecular complexity index is 126. The summed E-state index contributed by atoms with van der Waals surface area (Å²) in [6.07, 6.45) is 5.30. The third-order valence-electron chi connectivity index (χ3n) is 2.48. The van der Waals surface area contributed by atoms with E-state index in [0.29, 0.717) is 0 Å². The van der Waals surface area contributed by atoms with Crippen LogP contribution in [0.2, 0.25) is 0 Å². The fourth-order valence-electron chi connectivity index (χ4n) is 1.80. The second-order valence-electron chi connectivity index (χ2n) is 4.62. The van der Waals surface area contributed by atoms with Crippen molar-refractivity contribution >= 4 is 11.8 Å². The molecule has 1 atom stereocenters. The third-order valence-corrected chi connectivity index (χ3v) is 3.47. The molecule has 1 unspecified atom stereocenters. The van der Waals surface area contributed by atoms with Crippen LogP contribution in [0.25, 0.3) is 0 Å². The molecule has 0 aliphatic carbocycles. The summed E-state index contributed by atoms with van der Waals surface area (Å²) in [7, 11) is 0. The molecule has 2 heteroatoms. The van der Waals surface area contributed by atoms with Crippen LogP contribution in [-0.2, 0) is 0 Å². The molecule has 0 radical (unpaired) electrons. The average molecular weight is 231 g/mol. The van der Waals surface area contributed by atoms with Crippen molar-refractivity contribution in [1.29, 1.82) is 0 Å². The first-order chi connectivity index (χ1) is 7.20. The lowest BCUT2D eigenvalue weighted by molar-refractivity contribution is 0.396. The number of nitrogens with one attached hydrogen (secondary N) is 1. The van der Waals surface area contributed by atoms with E-state index in [9.17, 15) is 0 Å². The Morgan fingerprint density at radius 3 is 2.47 bits per heavy atom. The maximum absolute atomic E-state index is 3.67. The van der Waals surface area contributed by atoms with E-state index in [0.717, 1.165) is 12.0 Å². The van der Waals surface area contributed by atoms with Crippen molar-refractivity contribution in [3.8, 4) is 0 Å². The monoisotopic (exact) mass is 231 g/mol. The van der Waals surface area contributed by atoms with Gasteiger partial charge in [0.05, 0.1) is 0 Å². The minimum absolute atomic E-state index is 0.752. The summed E-state index contributed by atoms with van der Waals surface area (Å²) in [5.41, 5.74) is 0. The van der Waals surface area contributed by atoms with Crippen LogP contribution in [0.5, 0.6) is 0 Å². The second kappa shape index (κ2) is 10.8. The van der Waals surface area contributed by atoms with Crippen LogP contribution in [0, 0.1) is 5.92 Å². The fraction of sp³-hybridized carbons (Fsp3) is 1.00. The largest absolute Gasteiger partial charge is 0.314 e. The molecular weight excluding hydrogens is 202 g/mol. The molecule has 1 N–H and O–H groups in total. The SMILES string of the molecule is CCCNC(CCCSCC)CC(C)C. The van der Waals surface area contributed by atoms with Gasteiger partial charge in [-0.25, -0.2) is 0 Å². The van der Waals surface area contributed by atoms with E-state index in [4.69, 9.17) is 0 Å². The standard InChI is InChI=1S/C13H29NS/c1-5-9-14-13(11-12(3)4)8-7-10-15-6-2/h12-14H,5-11H2,1-4H3. The minimum Gasteiger partial charge on any atom is -0.314 e. The summed E-state index contributed by atoms with van der Waals surface area (Å²) in [6, 6.07) is 0.752. The molecule has 0 amide bonds. The highest BCUT2D eigenvalue weighted by molar-refractivity contribution is 7.99. The van der Waals surface area contributed by atoms with Crippen LogP contribution < -0.4 is 5.32 Å². The van der Waals surface area contributed by atoms with Gasteiger partial charge in [0.15, 0.2) is 0 Å². The van der Waals surface area contributed by atoms with Crippen molar-refractivity contribution in [2.45, 2.75) is 59.4 Å². The zero-order valence-electron chi connectivity index (χ0n) is 11.0. The summed E-state index contributed by atoms with van der Waals surface area (Å²) in [6.45, 7) is 10.3. The Balaban J connectivity index is 3.59. The number of thioether (sulfide) groups is 1. The highest BCUT2D eigenvalue weighted by atomic mass is 32.2. The van der Waals surface area contributed by atoms with Crippen molar-refractivity contribution in [2.75, 3.05) is 18.1 Å². The zero-order valence-corrected chi connectivity index (χ0v) is 11.8. The summed E-state index contributed by atoms with van der Waals surface area (Å²) in [4.78, 5) is 0. The first-order valence-corrected chi connectivity index (χ1v) is 7.67. The van der Waals surface area contributed by atoms with Crippen LogP contribution in [0.3, 0.4) is 0 Å². The Kier molecular flexibility index (Phi) is 11.0. The Morgan fingerprint density at radius 1 is 1.20 bits per heavy atom. The Hall–Kier alpha value is 0.310. The van der Waals surface area contributed by atoms with E-state index >= 15 is 0 Å². The predicted molar refractivity (Wildman–Crippen MR) is 73.8 cm³/mol. The second-order valence-corrected chi connectivity index (χ2v) is 6.01. The van der Waals surface area contributed by atoms with Crippen LogP contribution in [0.15, 0.2) is 0 Å². The molecule has 0 aliphatic heterocycles. The van der Waals surface area contributed by atoms with Gasteiger partial charge in [-0.3, -0.25) is 0 Å². The van der Waals surface area contributed by atoms with Crippen LogP contribution in [0.4, 0.5) is 0 Å². The smallest absolute Gasteiger partial charge is 0.00697 e. The first kappa shape index (κ1) is 15.3. The van der Waals surface area contributed by atoms with Gasteiger partial charge in [-0.1, -0.05) is 27.7 Å². The van der Waals surface area contributed by atoms with Crippen LogP contribution in [0.1, 0.15) is 53.4 Å². The number of hydrogen-bond donors (Lipinski definition) is 1. The summed E-state index contributed by atoms with van der Waals surface area (Å²) >= 11 is 2.07. The van der Waals surface area contributed by atoms with E-state index < -0.39 is 0 Å². The summed E-state index contributed by atoms with van der Waals surface area (Å²) in [5, 5.41) is 3.67. The van der Waals surface area contributed by atoms with Gasteiger partial charge in [-0.2, -0.15) is 11.8 Å². The molecule has 92 valence electrons. The number of hydrogen-bond acceptors (Lipinski definition) is 2. The van der Waals surface area contributed by atoms with E-state index in [-0.39, 0.29) is 0 Å². The van der Waals surface area contributed by atoms with Crippen LogP contribution in [-0.4, -0.2) is 24.1 Å². The quantitative estimate of drug-likeness (QED) is 0.572. The van der Waals surface area contributed by atoms with Crippen molar-refractivity contribution in [1.82, 2.24) is 5.32 Å². The van der Waals surface area contributed by atoms with Gasteiger partial charge in [-0.15, -0.1) is 0 Å². The average Bonchev–Trinajstić information content (AvgIpc) is 2.19. The molecule has 15 heavy (non-hydrogen) atoms. The highest BCUT2D eigenvalue weighted by Gasteiger charge is 2.09. The molecule has 0 saturated carbocycles. The molecule has 0 saturated heterocycles. The van der Waals surface area contributed by atoms with E-state index in [1.807, 2.05) is 0 Å². The van der Waals surface area contributed by atoms with E-state index in [1.165, 1.54) is 43.7 Å². The molecule has 0 rings (SSSR count). The molecule has 0 spiro atoms. The Labute approximate surface area is 101 Å². The van der Waals surface area contributed by atoms with Gasteiger partial charge < -0.3 is 5.32 Å². The molecule has 0 aromatic carbocycles. The van der Waals surface area contributed by atoms with Gasteiger partial charge in [0.1, 0.15) is 0 Å². The van der Waals surface area contributed by atoms with Gasteiger partial charge >= 0.3 is 0 Å². The number of rotatable bonds is 10. The van der Waals surface area contributed by atoms with Gasteiger partial charge in [0.25, 0.3) is 0 Å². The van der Waals surface area contributed by atoms with Gasteiger partial charge in [0.2, 0.25) is 0 Å². The summed E-state index contributed by atoms with van der Waals surface area (Å²) < 4.78 is 0. The molecular formula is C13H29NS. The highest BCUT2D eigenvalue weighted by Crippen LogP contribution is 2.12. The van der Waals surface area contributed by atoms with Gasteiger partial charge in [-0.05, 0) is 49.7 Å². The lowest BCUT2D eigenvalue weighted by Gasteiger charge is -2.20. The lowest BCUT2D eigenvalue weighted by atomic mass is 10.00. The van der Waals surface area contributed by atoms with E-state index in [2.05, 4.69) is 44.8 Å². The maximum Gasteiger partial charge on any atom is 0.00697 e. The molecule has 0 heterocycles. The zero-order chi connectivity index (χ0) is 11.5. The van der Waals surface area contributed by atoms with E-state index in [1.54, 1.807) is 0 Å². The first-order valence-electron chi connectivity index (χ1n) is 6.51. The van der Waals surface area contributed by atoms with Gasteiger partial charge in [0, 0.05) is 6.04 Å². The van der Waals surface area contributed by atoms with Crippen molar-refractivity contribution in [3.63, 3.8) is 0 Å². The van der Waals surface area contributed by atoms with Crippen molar-refractivity contribution < 1.29 is 0 Å². The molecule has 0 fully saturated rings. The summed E-state index contributed by atoms with van der Waals surface area (Å²) in [5.74, 6) is 3.41. The van der Waals surface area contributed by atoms with Crippen molar-refractivity contribution in [2.24, 2.45) is 5.92 Å². The minimum atomic E-state index is 0.752. The Morgan fingerprint density at radius 2 is 1.93 bits per heavy atom. The molecule has 0 bridgehead atoms. The lowest BCUT2D eigenvalue weighted by Crippen LogP contribution is -2.31. The molecule has 0 aliphatic rings. The molecule has 1 nitrogen and oxygen atoms in total. The normalized spacial score (nSPS) is 13.4. The fourth-order valence-corrected chi connectivity index (χ4v) is 2.46. The molecule has 0 aromatic rings.